The summed E-state index contributed by atoms with van der Waals surface area (Å²) in [5.41, 5.74) is 1.22. The lowest BCUT2D eigenvalue weighted by Gasteiger charge is -2.18. The molecule has 1 aromatic carbocycles. The number of carbonyl (C=O) groups excluding carboxylic acids is 3. The maximum Gasteiger partial charge on any atom is 0.341 e. The molecule has 168 valence electrons. The number of ether oxygens (including phenoxy) is 2. The summed E-state index contributed by atoms with van der Waals surface area (Å²) in [4.78, 5) is 38.3. The normalized spacial score (nSPS) is 12.1. The fraction of sp³-hybridized carbons (Fsp3) is 0.435. The molecule has 2 N–H and O–H groups in total. The molecule has 8 heteroatoms. The predicted octanol–water partition coefficient (Wildman–Crippen LogP) is 4.39. The first-order valence-corrected chi connectivity index (χ1v) is 10.8. The summed E-state index contributed by atoms with van der Waals surface area (Å²) in [5.74, 6) is -0.620. The van der Waals surface area contributed by atoms with Crippen molar-refractivity contribution in [1.29, 1.82) is 0 Å². The van der Waals surface area contributed by atoms with Crippen LogP contribution in [0, 0.1) is 19.3 Å². The minimum absolute atomic E-state index is 0.203. The second-order valence-electron chi connectivity index (χ2n) is 8.30. The number of rotatable bonds is 7. The van der Waals surface area contributed by atoms with Crippen molar-refractivity contribution in [3.63, 3.8) is 0 Å². The first-order chi connectivity index (χ1) is 14.5. The van der Waals surface area contributed by atoms with Gasteiger partial charge in [0.2, 0.25) is 5.91 Å². The van der Waals surface area contributed by atoms with Crippen molar-refractivity contribution in [2.75, 3.05) is 19.0 Å². The van der Waals surface area contributed by atoms with Crippen LogP contribution >= 0.6 is 11.3 Å². The van der Waals surface area contributed by atoms with Crippen LogP contribution in [0.1, 0.15) is 60.1 Å². The summed E-state index contributed by atoms with van der Waals surface area (Å²) in [6.45, 7) is 10.4. The van der Waals surface area contributed by atoms with Gasteiger partial charge in [-0.05, 0) is 32.4 Å². The van der Waals surface area contributed by atoms with Crippen molar-refractivity contribution < 1.29 is 23.9 Å². The van der Waals surface area contributed by atoms with Crippen molar-refractivity contribution in [3.05, 3.63) is 45.8 Å². The minimum Gasteiger partial charge on any atom is -0.496 e. The molecule has 0 fully saturated rings. The summed E-state index contributed by atoms with van der Waals surface area (Å²) in [6, 6.07) is 7.05. The van der Waals surface area contributed by atoms with Crippen LogP contribution in [0.4, 0.5) is 5.00 Å². The molecule has 0 aliphatic rings. The van der Waals surface area contributed by atoms with E-state index in [0.717, 1.165) is 16.0 Å². The van der Waals surface area contributed by atoms with Crippen LogP contribution < -0.4 is 15.4 Å². The lowest BCUT2D eigenvalue weighted by molar-refractivity contribution is -0.125. The molecule has 0 spiro atoms. The van der Waals surface area contributed by atoms with Crippen LogP contribution in [0.25, 0.3) is 0 Å². The summed E-state index contributed by atoms with van der Waals surface area (Å²) in [6.07, 6.45) is 0. The van der Waals surface area contributed by atoms with Gasteiger partial charge < -0.3 is 20.1 Å². The highest BCUT2D eigenvalue weighted by atomic mass is 32.1. The third-order valence-corrected chi connectivity index (χ3v) is 5.94. The Labute approximate surface area is 187 Å². The Morgan fingerprint density at radius 1 is 1.13 bits per heavy atom. The molecule has 0 aliphatic carbocycles. The van der Waals surface area contributed by atoms with Gasteiger partial charge >= 0.3 is 5.97 Å². The van der Waals surface area contributed by atoms with Gasteiger partial charge in [-0.2, -0.15) is 0 Å². The maximum absolute atomic E-state index is 12.7. The Kier molecular flexibility index (Phi) is 7.84. The molecule has 31 heavy (non-hydrogen) atoms. The lowest BCUT2D eigenvalue weighted by atomic mass is 9.96. The van der Waals surface area contributed by atoms with Crippen LogP contribution in [0.5, 0.6) is 5.75 Å². The van der Waals surface area contributed by atoms with E-state index >= 15 is 0 Å². The molecule has 2 rings (SSSR count). The number of hydrogen-bond donors (Lipinski definition) is 2. The number of esters is 1. The van der Waals surface area contributed by atoms with Gasteiger partial charge in [0.05, 0.1) is 18.7 Å². The second kappa shape index (κ2) is 9.96. The van der Waals surface area contributed by atoms with Crippen LogP contribution in [0.2, 0.25) is 0 Å². The minimum atomic E-state index is -0.647. The van der Waals surface area contributed by atoms with E-state index in [1.807, 2.05) is 38.1 Å². The standard InChI is InChI=1S/C23H30N2O5S/c1-13-15(3)31-20(25-22(28)23(4,5)6)19(13)21(27)30-12-18(26)24-14(2)16-10-8-9-11-17(16)29-7/h8-11,14H,12H2,1-7H3,(H,24,26)(H,25,28). The molecule has 0 bridgehead atoms. The Bertz CT molecular complexity index is 975. The highest BCUT2D eigenvalue weighted by molar-refractivity contribution is 7.16. The highest BCUT2D eigenvalue weighted by Gasteiger charge is 2.27. The second-order valence-corrected chi connectivity index (χ2v) is 9.52. The average molecular weight is 447 g/mol. The molecule has 0 radical (unpaired) electrons. The number of amides is 2. The van der Waals surface area contributed by atoms with Gasteiger partial charge in [-0.15, -0.1) is 11.3 Å². The molecular weight excluding hydrogens is 416 g/mol. The van der Waals surface area contributed by atoms with Crippen molar-refractivity contribution in [2.24, 2.45) is 5.41 Å². The Morgan fingerprint density at radius 3 is 2.39 bits per heavy atom. The van der Waals surface area contributed by atoms with Gasteiger partial charge in [0.1, 0.15) is 10.8 Å². The Morgan fingerprint density at radius 2 is 1.77 bits per heavy atom. The first-order valence-electron chi connectivity index (χ1n) is 9.96. The summed E-state index contributed by atoms with van der Waals surface area (Å²) in [5, 5.41) is 6.05. The number of anilines is 1. The molecule has 2 aromatic rings. The zero-order valence-corrected chi connectivity index (χ0v) is 19.9. The fourth-order valence-corrected chi connectivity index (χ4v) is 3.88. The third kappa shape index (κ3) is 6.07. The smallest absolute Gasteiger partial charge is 0.341 e. The number of thiophene rings is 1. The van der Waals surface area contributed by atoms with Gasteiger partial charge in [-0.1, -0.05) is 39.0 Å². The van der Waals surface area contributed by atoms with Crippen molar-refractivity contribution in [1.82, 2.24) is 5.32 Å². The molecule has 0 aliphatic heterocycles. The van der Waals surface area contributed by atoms with Gasteiger partial charge in [0.15, 0.2) is 6.61 Å². The van der Waals surface area contributed by atoms with E-state index in [4.69, 9.17) is 9.47 Å². The largest absolute Gasteiger partial charge is 0.496 e. The predicted molar refractivity (Wildman–Crippen MR) is 122 cm³/mol. The third-order valence-electron chi connectivity index (χ3n) is 4.81. The van der Waals surface area contributed by atoms with Crippen molar-refractivity contribution in [2.45, 2.75) is 47.6 Å². The number of methoxy groups -OCH3 is 1. The van der Waals surface area contributed by atoms with Crippen LogP contribution in [0.3, 0.4) is 0 Å². The van der Waals surface area contributed by atoms with Crippen LogP contribution in [0.15, 0.2) is 24.3 Å². The number of aryl methyl sites for hydroxylation is 1. The van der Waals surface area contributed by atoms with E-state index in [9.17, 15) is 14.4 Å². The topological polar surface area (TPSA) is 93.7 Å². The number of nitrogens with one attached hydrogen (secondary N) is 2. The quantitative estimate of drug-likeness (QED) is 0.615. The fourth-order valence-electron chi connectivity index (χ4n) is 2.84. The molecule has 1 atom stereocenters. The number of carbonyl (C=O) groups is 3. The summed E-state index contributed by atoms with van der Waals surface area (Å²) in [7, 11) is 1.57. The highest BCUT2D eigenvalue weighted by Crippen LogP contribution is 2.34. The SMILES string of the molecule is COc1ccccc1C(C)NC(=O)COC(=O)c1c(NC(=O)C(C)(C)C)sc(C)c1C. The Balaban J connectivity index is 2.05. The Hall–Kier alpha value is -2.87. The van der Waals surface area contributed by atoms with Crippen molar-refractivity contribution >= 4 is 34.1 Å². The van der Waals surface area contributed by atoms with Gasteiger partial charge in [0.25, 0.3) is 5.91 Å². The van der Waals surface area contributed by atoms with Gasteiger partial charge in [-0.3, -0.25) is 9.59 Å². The van der Waals surface area contributed by atoms with E-state index in [0.29, 0.717) is 10.8 Å². The van der Waals surface area contributed by atoms with E-state index in [1.54, 1.807) is 34.8 Å². The number of para-hydroxylation sites is 1. The number of hydrogen-bond acceptors (Lipinski definition) is 6. The van der Waals surface area contributed by atoms with E-state index in [1.165, 1.54) is 11.3 Å². The van der Waals surface area contributed by atoms with E-state index < -0.39 is 23.9 Å². The first kappa shape index (κ1) is 24.4. The average Bonchev–Trinajstić information content (AvgIpc) is 2.98. The summed E-state index contributed by atoms with van der Waals surface area (Å²) < 4.78 is 10.6. The molecule has 1 heterocycles. The molecule has 2 amide bonds. The van der Waals surface area contributed by atoms with E-state index in [-0.39, 0.29) is 17.5 Å². The lowest BCUT2D eigenvalue weighted by Crippen LogP contribution is -2.31. The van der Waals surface area contributed by atoms with E-state index in [2.05, 4.69) is 10.6 Å². The molecule has 0 saturated carbocycles. The molecule has 1 unspecified atom stereocenters. The van der Waals surface area contributed by atoms with Gasteiger partial charge in [0, 0.05) is 15.9 Å². The molecule has 7 nitrogen and oxygen atoms in total. The van der Waals surface area contributed by atoms with Crippen LogP contribution in [-0.4, -0.2) is 31.5 Å². The zero-order chi connectivity index (χ0) is 23.3. The molecule has 0 saturated heterocycles. The van der Waals surface area contributed by atoms with Crippen LogP contribution in [-0.2, 0) is 14.3 Å². The zero-order valence-electron chi connectivity index (χ0n) is 19.0. The molecule has 1 aromatic heterocycles. The van der Waals surface area contributed by atoms with Gasteiger partial charge in [-0.25, -0.2) is 4.79 Å². The van der Waals surface area contributed by atoms with Crippen molar-refractivity contribution in [3.8, 4) is 5.75 Å². The molecular formula is C23H30N2O5S. The monoisotopic (exact) mass is 446 g/mol. The summed E-state index contributed by atoms with van der Waals surface area (Å²) >= 11 is 1.31. The number of benzene rings is 1. The maximum atomic E-state index is 12.7.